The van der Waals surface area contributed by atoms with E-state index in [1.54, 1.807) is 0 Å². The van der Waals surface area contributed by atoms with Crippen molar-refractivity contribution in [3.8, 4) is 0 Å². The Morgan fingerprint density at radius 3 is 1.22 bits per heavy atom. The van der Waals surface area contributed by atoms with E-state index in [1.807, 2.05) is 0 Å². The van der Waals surface area contributed by atoms with Crippen molar-refractivity contribution in [2.45, 2.75) is 18.2 Å². The maximum atomic E-state index is 8.39. The van der Waals surface area contributed by atoms with Crippen LogP contribution in [0.25, 0.3) is 0 Å². The predicted octanol–water partition coefficient (Wildman–Crippen LogP) is -1.22. The van der Waals surface area contributed by atoms with Crippen LogP contribution in [0.5, 0.6) is 0 Å². The third-order valence-electron chi connectivity index (χ3n) is 0.697. The van der Waals surface area contributed by atoms with Crippen LogP contribution in [0.1, 0.15) is 6.92 Å². The summed E-state index contributed by atoms with van der Waals surface area (Å²) in [5.41, 5.74) is -2.53. The molecule has 4 nitrogen and oxygen atoms in total. The van der Waals surface area contributed by atoms with Gasteiger partial charge in [-0.1, -0.05) is 9.24 Å². The fraction of sp³-hybridized carbons (Fsp3) is 1.00. The lowest BCUT2D eigenvalue weighted by Gasteiger charge is -2.27. The van der Waals surface area contributed by atoms with Gasteiger partial charge in [0.25, 0.3) is 0 Å². The highest BCUT2D eigenvalue weighted by Crippen LogP contribution is 2.22. The van der Waals surface area contributed by atoms with Crippen molar-refractivity contribution < 1.29 is 20.4 Å². The Bertz CT molecular complexity index is 70.8. The van der Waals surface area contributed by atoms with Crippen LogP contribution in [0, 0.1) is 0 Å². The second-order valence-corrected chi connectivity index (χ2v) is 2.55. The zero-order valence-electron chi connectivity index (χ0n) is 4.77. The summed E-state index contributed by atoms with van der Waals surface area (Å²) < 4.78 is 0. The summed E-state index contributed by atoms with van der Waals surface area (Å²) in [4.78, 5) is 0. The summed E-state index contributed by atoms with van der Waals surface area (Å²) in [7, 11) is 1.47. The lowest BCUT2D eigenvalue weighted by molar-refractivity contribution is -0.300. The van der Waals surface area contributed by atoms with E-state index in [1.165, 1.54) is 9.24 Å². The molecule has 1 atom stereocenters. The predicted molar refractivity (Wildman–Crippen MR) is 40.0 cm³/mol. The van der Waals surface area contributed by atoms with Crippen molar-refractivity contribution >= 4 is 26.2 Å². The van der Waals surface area contributed by atoms with Crippen LogP contribution in [0.4, 0.5) is 0 Å². The molecule has 0 amide bonds. The average Bonchev–Trinajstić information content (AvgIpc) is 1.25. The summed E-state index contributed by atoms with van der Waals surface area (Å²) >= 11 is 0. The number of hydrogen-bond donors (Lipinski definition) is 4. The van der Waals surface area contributed by atoms with E-state index in [0.29, 0.717) is 0 Å². The zero-order chi connectivity index (χ0) is 7.00. The fourth-order valence-electron chi connectivity index (χ4n) is 0. The molecule has 0 saturated carbocycles. The topological polar surface area (TPSA) is 80.9 Å². The lowest BCUT2D eigenvalue weighted by atomic mass is 10.3. The number of aliphatic hydroxyl groups is 4. The molecule has 0 spiro atoms. The molecule has 0 aromatic heterocycles. The van der Waals surface area contributed by atoms with Gasteiger partial charge in [-0.3, -0.25) is 0 Å². The van der Waals surface area contributed by atoms with Crippen LogP contribution >= 0.6 is 26.2 Å². The van der Waals surface area contributed by atoms with Crippen LogP contribution in [0.3, 0.4) is 0 Å². The highest BCUT2D eigenvalue weighted by atomic mass is 79.9. The molecular formula is C3H10BrO4P. The van der Waals surface area contributed by atoms with Crippen molar-refractivity contribution in [1.29, 1.82) is 0 Å². The Morgan fingerprint density at radius 1 is 1.11 bits per heavy atom. The first-order valence-corrected chi connectivity index (χ1v) is 2.51. The van der Waals surface area contributed by atoms with Gasteiger partial charge in [-0.25, -0.2) is 0 Å². The molecular weight excluding hydrogens is 211 g/mol. The molecule has 0 aliphatic heterocycles. The van der Waals surface area contributed by atoms with Gasteiger partial charge in [-0.2, -0.15) is 0 Å². The minimum absolute atomic E-state index is 0. The summed E-state index contributed by atoms with van der Waals surface area (Å²) in [6, 6.07) is 0. The van der Waals surface area contributed by atoms with Gasteiger partial charge < -0.3 is 20.4 Å². The Kier molecular flexibility index (Phi) is 4.46. The molecule has 0 radical (unpaired) electrons. The summed E-state index contributed by atoms with van der Waals surface area (Å²) in [6.45, 7) is 0.861. The van der Waals surface area contributed by atoms with Gasteiger partial charge in [0.2, 0.25) is 11.3 Å². The van der Waals surface area contributed by atoms with Gasteiger partial charge in [0, 0.05) is 0 Å². The summed E-state index contributed by atoms with van der Waals surface area (Å²) in [5, 5.41) is 33.5. The third-order valence-corrected chi connectivity index (χ3v) is 1.24. The molecule has 1 unspecified atom stereocenters. The van der Waals surface area contributed by atoms with E-state index in [9.17, 15) is 0 Å². The quantitative estimate of drug-likeness (QED) is 0.330. The SMILES string of the molecule is Br.CC(O)(O)C(O)(O)P. The zero-order valence-corrected chi connectivity index (χ0v) is 7.64. The van der Waals surface area contributed by atoms with E-state index >= 15 is 0 Å². The molecule has 0 heterocycles. The highest BCUT2D eigenvalue weighted by molar-refractivity contribution is 8.93. The van der Waals surface area contributed by atoms with Gasteiger partial charge in [-0.15, -0.1) is 17.0 Å². The Hall–Kier alpha value is 0.750. The first-order valence-electron chi connectivity index (χ1n) is 1.93. The van der Waals surface area contributed by atoms with Crippen LogP contribution in [-0.4, -0.2) is 31.7 Å². The summed E-state index contributed by atoms with van der Waals surface area (Å²) in [5.74, 6) is -2.49. The van der Waals surface area contributed by atoms with Crippen LogP contribution < -0.4 is 0 Å². The Balaban J connectivity index is 0. The van der Waals surface area contributed by atoms with Crippen molar-refractivity contribution in [3.05, 3.63) is 0 Å². The molecule has 4 N–H and O–H groups in total. The fourth-order valence-corrected chi connectivity index (χ4v) is 0. The molecule has 0 aliphatic rings. The monoisotopic (exact) mass is 220 g/mol. The van der Waals surface area contributed by atoms with Gasteiger partial charge >= 0.3 is 0 Å². The second-order valence-electron chi connectivity index (χ2n) is 1.75. The molecule has 6 heteroatoms. The van der Waals surface area contributed by atoms with Crippen molar-refractivity contribution in [3.63, 3.8) is 0 Å². The van der Waals surface area contributed by atoms with Crippen LogP contribution in [0.15, 0.2) is 0 Å². The largest absolute Gasteiger partial charge is 0.361 e. The minimum atomic E-state index is -2.53. The third kappa shape index (κ3) is 4.19. The van der Waals surface area contributed by atoms with Gasteiger partial charge in [0.05, 0.1) is 0 Å². The first kappa shape index (κ1) is 12.4. The van der Waals surface area contributed by atoms with Gasteiger partial charge in [0.1, 0.15) is 0 Å². The molecule has 58 valence electrons. The molecule has 0 fully saturated rings. The Labute approximate surface area is 65.5 Å². The van der Waals surface area contributed by atoms with E-state index in [4.69, 9.17) is 20.4 Å². The smallest absolute Gasteiger partial charge is 0.230 e. The molecule has 0 aliphatic carbocycles. The maximum absolute atomic E-state index is 8.39. The number of rotatable bonds is 1. The molecule has 9 heavy (non-hydrogen) atoms. The molecule has 0 aromatic rings. The lowest BCUT2D eigenvalue weighted by Crippen LogP contribution is -2.47. The molecule has 0 saturated heterocycles. The van der Waals surface area contributed by atoms with E-state index in [2.05, 4.69) is 0 Å². The average molecular weight is 221 g/mol. The van der Waals surface area contributed by atoms with Crippen LogP contribution in [0.2, 0.25) is 0 Å². The van der Waals surface area contributed by atoms with Crippen molar-refractivity contribution in [1.82, 2.24) is 0 Å². The minimum Gasteiger partial charge on any atom is -0.361 e. The molecule has 0 bridgehead atoms. The highest BCUT2D eigenvalue weighted by Gasteiger charge is 2.38. The second kappa shape index (κ2) is 3.23. The number of hydrogen-bond acceptors (Lipinski definition) is 4. The van der Waals surface area contributed by atoms with Gasteiger partial charge in [0.15, 0.2) is 0 Å². The Morgan fingerprint density at radius 2 is 1.22 bits per heavy atom. The molecule has 0 aromatic carbocycles. The summed E-state index contributed by atoms with van der Waals surface area (Å²) in [6.07, 6.45) is 0. The van der Waals surface area contributed by atoms with E-state index in [-0.39, 0.29) is 17.0 Å². The standard InChI is InChI=1S/C3H9O4P.BrH/c1-2(4,5)3(6,7)8;/h4-7H,8H2,1H3;1H. The van der Waals surface area contributed by atoms with Crippen LogP contribution in [-0.2, 0) is 0 Å². The normalized spacial score (nSPS) is 12.7. The van der Waals surface area contributed by atoms with Crippen molar-refractivity contribution in [2.75, 3.05) is 0 Å². The maximum Gasteiger partial charge on any atom is 0.230 e. The van der Waals surface area contributed by atoms with E-state index in [0.717, 1.165) is 6.92 Å². The molecule has 0 rings (SSSR count). The first-order chi connectivity index (χ1) is 3.25. The van der Waals surface area contributed by atoms with Gasteiger partial charge in [-0.05, 0) is 6.92 Å². The number of halogens is 1. The van der Waals surface area contributed by atoms with Crippen molar-refractivity contribution in [2.24, 2.45) is 0 Å². The van der Waals surface area contributed by atoms with E-state index < -0.39 is 11.3 Å².